The quantitative estimate of drug-likeness (QED) is 0.504. The van der Waals surface area contributed by atoms with Crippen LogP contribution in [0, 0.1) is 16.7 Å². The highest BCUT2D eigenvalue weighted by molar-refractivity contribution is 5.99. The van der Waals surface area contributed by atoms with Crippen molar-refractivity contribution in [2.75, 3.05) is 19.7 Å². The van der Waals surface area contributed by atoms with E-state index in [2.05, 4.69) is 34.4 Å². The van der Waals surface area contributed by atoms with E-state index in [1.54, 1.807) is 0 Å². The number of Topliss-reactive ketones (excluding diaryl/α,β-unsaturated/α-hetero) is 1. The van der Waals surface area contributed by atoms with Crippen LogP contribution >= 0.6 is 0 Å². The lowest BCUT2D eigenvalue weighted by molar-refractivity contribution is -0.321. The highest BCUT2D eigenvalue weighted by Gasteiger charge is 2.56. The number of alkyl halides is 3. The number of carbonyl (C=O) groups is 4. The van der Waals surface area contributed by atoms with Gasteiger partial charge >= 0.3 is 6.36 Å². The van der Waals surface area contributed by atoms with Crippen LogP contribution in [0.3, 0.4) is 0 Å². The molecule has 3 atom stereocenters. The second-order valence-electron chi connectivity index (χ2n) is 12.2. The number of rotatable bonds is 8. The van der Waals surface area contributed by atoms with E-state index < -0.39 is 48.6 Å². The van der Waals surface area contributed by atoms with Crippen molar-refractivity contribution in [3.8, 4) is 0 Å². The third-order valence-electron chi connectivity index (χ3n) is 8.55. The molecule has 0 aromatic carbocycles. The van der Waals surface area contributed by atoms with Gasteiger partial charge in [-0.15, -0.1) is 13.2 Å². The average Bonchev–Trinajstić information content (AvgIpc) is 3.14. The number of aryl methyl sites for hydroxylation is 1. The Labute approximate surface area is 223 Å². The number of fused-ring (bicyclic) bond motifs is 1. The van der Waals surface area contributed by atoms with Crippen molar-refractivity contribution in [2.45, 2.75) is 83.7 Å². The number of amides is 3. The maximum atomic E-state index is 13.7. The molecule has 2 aliphatic carbocycles. The normalized spacial score (nSPS) is 25.8. The van der Waals surface area contributed by atoms with Gasteiger partial charge in [0.2, 0.25) is 11.8 Å². The predicted molar refractivity (Wildman–Crippen MR) is 128 cm³/mol. The molecule has 4 aliphatic rings. The van der Waals surface area contributed by atoms with Gasteiger partial charge < -0.3 is 20.1 Å². The smallest absolute Gasteiger partial charge is 0.360 e. The molecule has 3 heterocycles. The molecule has 39 heavy (non-hydrogen) atoms. The van der Waals surface area contributed by atoms with Crippen molar-refractivity contribution < 1.29 is 41.6 Å². The van der Waals surface area contributed by atoms with Gasteiger partial charge in [-0.1, -0.05) is 19.0 Å². The summed E-state index contributed by atoms with van der Waals surface area (Å²) in [5.41, 5.74) is 0.690. The van der Waals surface area contributed by atoms with Crippen molar-refractivity contribution in [2.24, 2.45) is 16.7 Å². The number of halogens is 3. The van der Waals surface area contributed by atoms with Gasteiger partial charge in [-0.2, -0.15) is 0 Å². The average molecular weight is 555 g/mol. The molecule has 1 saturated carbocycles. The van der Waals surface area contributed by atoms with Gasteiger partial charge in [0.25, 0.3) is 5.91 Å². The first-order valence-corrected chi connectivity index (χ1v) is 13.4. The molecule has 3 fully saturated rings. The lowest BCUT2D eigenvalue weighted by Crippen LogP contribution is -2.52. The van der Waals surface area contributed by atoms with Crippen LogP contribution in [0.2, 0.25) is 0 Å². The van der Waals surface area contributed by atoms with Crippen LogP contribution in [0.4, 0.5) is 13.2 Å². The summed E-state index contributed by atoms with van der Waals surface area (Å²) in [7, 11) is 0. The van der Waals surface area contributed by atoms with Crippen molar-refractivity contribution in [3.05, 3.63) is 17.0 Å². The molecule has 10 nitrogen and oxygen atoms in total. The molecule has 2 N–H and O–H groups in total. The Kier molecular flexibility index (Phi) is 7.01. The van der Waals surface area contributed by atoms with Crippen molar-refractivity contribution in [3.63, 3.8) is 0 Å². The highest BCUT2D eigenvalue weighted by Crippen LogP contribution is 2.55. The lowest BCUT2D eigenvalue weighted by Gasteiger charge is -2.29. The minimum Gasteiger partial charge on any atom is -0.360 e. The molecule has 2 aliphatic heterocycles. The summed E-state index contributed by atoms with van der Waals surface area (Å²) in [6, 6.07) is -2.30. The van der Waals surface area contributed by atoms with Crippen LogP contribution in [0.1, 0.15) is 74.2 Å². The lowest BCUT2D eigenvalue weighted by atomic mass is 9.76. The fourth-order valence-electron chi connectivity index (χ4n) is 6.03. The van der Waals surface area contributed by atoms with Gasteiger partial charge in [-0.3, -0.25) is 23.9 Å². The van der Waals surface area contributed by atoms with Crippen LogP contribution in [-0.2, 0) is 32.0 Å². The fourth-order valence-corrected chi connectivity index (χ4v) is 6.03. The molecule has 1 aromatic rings. The summed E-state index contributed by atoms with van der Waals surface area (Å²) < 4.78 is 47.0. The molecule has 0 bridgehead atoms. The minimum absolute atomic E-state index is 0.0360. The first-order valence-electron chi connectivity index (χ1n) is 13.4. The Morgan fingerprint density at radius 1 is 1.26 bits per heavy atom. The van der Waals surface area contributed by atoms with Gasteiger partial charge in [-0.25, -0.2) is 0 Å². The first-order chi connectivity index (χ1) is 18.3. The van der Waals surface area contributed by atoms with Crippen LogP contribution in [0.25, 0.3) is 0 Å². The number of nitrogens with one attached hydrogen (secondary N) is 2. The number of ketones is 1. The predicted octanol–water partition coefficient (Wildman–Crippen LogP) is 2.30. The third kappa shape index (κ3) is 5.97. The monoisotopic (exact) mass is 554 g/mol. The SMILES string of the molecule is CC1(C)CCc2onc(C(=O)N3CC4(CC4)C[C@H]3C(=O)N[C@@H](C[C@@H]3CCNC3=O)C(=O)COC(F)(F)F)c2C1. The Morgan fingerprint density at radius 3 is 2.64 bits per heavy atom. The molecule has 1 aromatic heterocycles. The second-order valence-corrected chi connectivity index (χ2v) is 12.2. The second kappa shape index (κ2) is 9.90. The maximum absolute atomic E-state index is 13.7. The number of nitrogens with zero attached hydrogens (tertiary/aromatic N) is 2. The Hall–Kier alpha value is -2.96. The number of hydrogen-bond acceptors (Lipinski definition) is 7. The zero-order chi connectivity index (χ0) is 28.2. The number of carbonyl (C=O) groups excluding carboxylic acids is 4. The van der Waals surface area contributed by atoms with Crippen LogP contribution < -0.4 is 10.6 Å². The first kappa shape index (κ1) is 27.6. The van der Waals surface area contributed by atoms with Gasteiger partial charge in [0.05, 0.1) is 6.04 Å². The van der Waals surface area contributed by atoms with Gasteiger partial charge in [-0.05, 0) is 55.8 Å². The molecular weight excluding hydrogens is 521 g/mol. The highest BCUT2D eigenvalue weighted by atomic mass is 19.4. The van der Waals surface area contributed by atoms with E-state index in [0.717, 1.165) is 24.8 Å². The summed E-state index contributed by atoms with van der Waals surface area (Å²) in [5.74, 6) is -2.36. The van der Waals surface area contributed by atoms with Gasteiger partial charge in [0.15, 0.2) is 11.5 Å². The van der Waals surface area contributed by atoms with Crippen molar-refractivity contribution in [1.82, 2.24) is 20.7 Å². The van der Waals surface area contributed by atoms with Crippen molar-refractivity contribution in [1.29, 1.82) is 0 Å². The molecule has 3 amide bonds. The summed E-state index contributed by atoms with van der Waals surface area (Å²) in [6.07, 6.45) is -0.556. The fraction of sp³-hybridized carbons (Fsp3) is 0.731. The van der Waals surface area contributed by atoms with E-state index in [1.807, 2.05) is 0 Å². The minimum atomic E-state index is -5.02. The molecule has 214 valence electrons. The molecule has 13 heteroatoms. The van der Waals surface area contributed by atoms with Crippen LogP contribution in [-0.4, -0.2) is 71.7 Å². The van der Waals surface area contributed by atoms with Crippen molar-refractivity contribution >= 4 is 23.5 Å². The number of hydrogen-bond donors (Lipinski definition) is 2. The summed E-state index contributed by atoms with van der Waals surface area (Å²) in [5, 5.41) is 9.25. The number of likely N-dealkylation sites (tertiary alicyclic amines) is 1. The molecule has 0 radical (unpaired) electrons. The Balaban J connectivity index is 1.34. The maximum Gasteiger partial charge on any atom is 0.522 e. The summed E-state index contributed by atoms with van der Waals surface area (Å²) in [6.45, 7) is 3.64. The topological polar surface area (TPSA) is 131 Å². The number of ether oxygens (including phenoxy) is 1. The van der Waals surface area contributed by atoms with E-state index in [1.165, 1.54) is 4.90 Å². The Morgan fingerprint density at radius 2 is 2.00 bits per heavy atom. The van der Waals surface area contributed by atoms with E-state index in [9.17, 15) is 32.3 Å². The van der Waals surface area contributed by atoms with Crippen LogP contribution in [0.5, 0.6) is 0 Å². The zero-order valence-corrected chi connectivity index (χ0v) is 22.0. The van der Waals surface area contributed by atoms with Gasteiger partial charge in [0, 0.05) is 31.0 Å². The van der Waals surface area contributed by atoms with Crippen LogP contribution in [0.15, 0.2) is 4.52 Å². The molecule has 1 spiro atoms. The number of aromatic nitrogens is 1. The van der Waals surface area contributed by atoms with E-state index in [0.29, 0.717) is 44.5 Å². The van der Waals surface area contributed by atoms with E-state index in [-0.39, 0.29) is 28.9 Å². The largest absolute Gasteiger partial charge is 0.522 e. The molecular formula is C26H33F3N4O6. The van der Waals surface area contributed by atoms with E-state index in [4.69, 9.17) is 4.52 Å². The molecule has 2 saturated heterocycles. The Bertz CT molecular complexity index is 1170. The zero-order valence-electron chi connectivity index (χ0n) is 22.0. The standard InChI is InChI=1S/C26H33F3N4O6/c1-24(2)5-3-19-15(10-24)20(32-39-19)23(37)33-13-25(6-7-25)11-17(33)22(36)31-16(9-14-4-8-30-21(14)35)18(34)12-38-26(27,28)29/h14,16-17H,3-13H2,1-2H3,(H,30,35)(H,31,36)/t14-,16-,17-/m0/s1. The summed E-state index contributed by atoms with van der Waals surface area (Å²) in [4.78, 5) is 53.6. The molecule has 0 unspecified atom stereocenters. The van der Waals surface area contributed by atoms with Gasteiger partial charge in [0.1, 0.15) is 18.4 Å². The third-order valence-corrected chi connectivity index (χ3v) is 8.55. The van der Waals surface area contributed by atoms with E-state index >= 15 is 0 Å². The molecule has 5 rings (SSSR count). The summed E-state index contributed by atoms with van der Waals surface area (Å²) >= 11 is 0.